The summed E-state index contributed by atoms with van der Waals surface area (Å²) in [5, 5.41) is 15.7. The summed E-state index contributed by atoms with van der Waals surface area (Å²) in [5.41, 5.74) is 3.93. The highest BCUT2D eigenvalue weighted by molar-refractivity contribution is 6.30. The van der Waals surface area contributed by atoms with Gasteiger partial charge in [0.15, 0.2) is 0 Å². The Morgan fingerprint density at radius 1 is 0.923 bits per heavy atom. The molecule has 0 saturated heterocycles. The lowest BCUT2D eigenvalue weighted by Crippen LogP contribution is -2.14. The van der Waals surface area contributed by atoms with Crippen LogP contribution in [0.1, 0.15) is 11.1 Å². The molecule has 0 heterocycles. The predicted molar refractivity (Wildman–Crippen MR) is 105 cm³/mol. The van der Waals surface area contributed by atoms with E-state index in [0.717, 1.165) is 22.6 Å². The molecule has 5 heteroatoms. The van der Waals surface area contributed by atoms with E-state index in [0.29, 0.717) is 10.6 Å². The number of nitrogens with zero attached hydrogens (tertiary/aromatic N) is 1. The highest BCUT2D eigenvalue weighted by atomic mass is 35.5. The lowest BCUT2D eigenvalue weighted by molar-refractivity contribution is -0.115. The lowest BCUT2D eigenvalue weighted by atomic mass is 10.1. The Morgan fingerprint density at radius 3 is 2.31 bits per heavy atom. The minimum atomic E-state index is -0.0882. The fourth-order valence-electron chi connectivity index (χ4n) is 2.46. The maximum Gasteiger partial charge on any atom is 0.228 e. The van der Waals surface area contributed by atoms with Gasteiger partial charge >= 0.3 is 0 Å². The Hall–Kier alpha value is -3.29. The van der Waals surface area contributed by atoms with Crippen LogP contribution in [-0.4, -0.2) is 5.91 Å². The molecule has 26 heavy (non-hydrogen) atoms. The predicted octanol–water partition coefficient (Wildman–Crippen LogP) is 5.14. The molecular weight excluding hydrogens is 346 g/mol. The summed E-state index contributed by atoms with van der Waals surface area (Å²) in [6.45, 7) is 0. The number of hydrogen-bond donors (Lipinski definition) is 2. The van der Waals surface area contributed by atoms with E-state index in [4.69, 9.17) is 16.9 Å². The normalized spacial score (nSPS) is 10.0. The molecular formula is C21H16ClN3O. The molecule has 0 aliphatic rings. The molecule has 0 unspecified atom stereocenters. The molecule has 128 valence electrons. The van der Waals surface area contributed by atoms with Crippen LogP contribution < -0.4 is 10.6 Å². The molecule has 3 rings (SSSR count). The zero-order valence-corrected chi connectivity index (χ0v) is 14.6. The Labute approximate surface area is 157 Å². The van der Waals surface area contributed by atoms with E-state index in [1.807, 2.05) is 48.5 Å². The van der Waals surface area contributed by atoms with Gasteiger partial charge in [0.2, 0.25) is 5.91 Å². The van der Waals surface area contributed by atoms with Gasteiger partial charge in [-0.1, -0.05) is 29.8 Å². The first kappa shape index (κ1) is 17.5. The van der Waals surface area contributed by atoms with Gasteiger partial charge in [-0.15, -0.1) is 0 Å². The van der Waals surface area contributed by atoms with Gasteiger partial charge in [-0.2, -0.15) is 5.26 Å². The van der Waals surface area contributed by atoms with Crippen LogP contribution in [0.4, 0.5) is 17.1 Å². The Kier molecular flexibility index (Phi) is 5.52. The number of benzene rings is 3. The smallest absolute Gasteiger partial charge is 0.228 e. The van der Waals surface area contributed by atoms with Crippen LogP contribution in [0.25, 0.3) is 0 Å². The van der Waals surface area contributed by atoms with Crippen molar-refractivity contribution in [3.05, 3.63) is 88.9 Å². The van der Waals surface area contributed by atoms with Crippen molar-refractivity contribution in [1.29, 1.82) is 5.26 Å². The number of rotatable bonds is 5. The number of nitriles is 1. The maximum atomic E-state index is 12.1. The Morgan fingerprint density at radius 2 is 1.62 bits per heavy atom. The monoisotopic (exact) mass is 361 g/mol. The van der Waals surface area contributed by atoms with Crippen molar-refractivity contribution in [1.82, 2.24) is 0 Å². The summed E-state index contributed by atoms with van der Waals surface area (Å²) in [7, 11) is 0. The molecule has 0 atom stereocenters. The van der Waals surface area contributed by atoms with Gasteiger partial charge < -0.3 is 10.6 Å². The number of hydrogen-bond acceptors (Lipinski definition) is 3. The second kappa shape index (κ2) is 8.19. The highest BCUT2D eigenvalue weighted by Crippen LogP contribution is 2.20. The number of nitrogens with one attached hydrogen (secondary N) is 2. The van der Waals surface area contributed by atoms with E-state index in [9.17, 15) is 4.79 Å². The van der Waals surface area contributed by atoms with Gasteiger partial charge in [-0.25, -0.2) is 0 Å². The standard InChI is InChI=1S/C21H16ClN3O/c22-17-6-4-15(5-7-17)13-21(26)25-19-10-8-18(9-11-19)24-20-3-1-2-16(12-20)14-23/h1-12,24H,13H2,(H,25,26). The molecule has 0 fully saturated rings. The van der Waals surface area contributed by atoms with E-state index < -0.39 is 0 Å². The highest BCUT2D eigenvalue weighted by Gasteiger charge is 2.05. The molecule has 1 amide bonds. The number of halogens is 1. The van der Waals surface area contributed by atoms with Crippen molar-refractivity contribution in [3.63, 3.8) is 0 Å². The second-order valence-corrected chi connectivity index (χ2v) is 6.18. The van der Waals surface area contributed by atoms with E-state index in [1.165, 1.54) is 0 Å². The summed E-state index contributed by atoms with van der Waals surface area (Å²) >= 11 is 5.85. The molecule has 0 saturated carbocycles. The first-order valence-corrected chi connectivity index (χ1v) is 8.42. The molecule has 3 aromatic rings. The van der Waals surface area contributed by atoms with Crippen molar-refractivity contribution >= 4 is 34.6 Å². The van der Waals surface area contributed by atoms with E-state index in [1.54, 1.807) is 24.3 Å². The summed E-state index contributed by atoms with van der Waals surface area (Å²) in [4.78, 5) is 12.1. The van der Waals surface area contributed by atoms with Gasteiger partial charge in [-0.05, 0) is 60.2 Å². The molecule has 4 nitrogen and oxygen atoms in total. The number of carbonyl (C=O) groups excluding carboxylic acids is 1. The van der Waals surface area contributed by atoms with Crippen LogP contribution >= 0.6 is 11.6 Å². The molecule has 0 spiro atoms. The minimum Gasteiger partial charge on any atom is -0.355 e. The van der Waals surface area contributed by atoms with Crippen molar-refractivity contribution in [2.75, 3.05) is 10.6 Å². The summed E-state index contributed by atoms with van der Waals surface area (Å²) in [6.07, 6.45) is 0.290. The van der Waals surface area contributed by atoms with Crippen LogP contribution in [0.5, 0.6) is 0 Å². The quantitative estimate of drug-likeness (QED) is 0.661. The summed E-state index contributed by atoms with van der Waals surface area (Å²) in [5.74, 6) is -0.0882. The van der Waals surface area contributed by atoms with Crippen LogP contribution in [0.15, 0.2) is 72.8 Å². The van der Waals surface area contributed by atoms with Crippen molar-refractivity contribution in [2.24, 2.45) is 0 Å². The van der Waals surface area contributed by atoms with E-state index in [-0.39, 0.29) is 12.3 Å². The fourth-order valence-corrected chi connectivity index (χ4v) is 2.59. The molecule has 0 aliphatic heterocycles. The maximum absolute atomic E-state index is 12.1. The molecule has 0 aromatic heterocycles. The van der Waals surface area contributed by atoms with E-state index in [2.05, 4.69) is 16.7 Å². The topological polar surface area (TPSA) is 64.9 Å². The third kappa shape index (κ3) is 4.85. The molecule has 0 aliphatic carbocycles. The van der Waals surface area contributed by atoms with Gasteiger partial charge in [0.05, 0.1) is 18.1 Å². The first-order valence-electron chi connectivity index (χ1n) is 8.04. The van der Waals surface area contributed by atoms with Crippen LogP contribution in [0, 0.1) is 11.3 Å². The number of carbonyl (C=O) groups is 1. The largest absolute Gasteiger partial charge is 0.355 e. The van der Waals surface area contributed by atoms with Crippen LogP contribution in [0.2, 0.25) is 5.02 Å². The third-order valence-corrected chi connectivity index (χ3v) is 3.98. The van der Waals surface area contributed by atoms with Crippen molar-refractivity contribution < 1.29 is 4.79 Å². The van der Waals surface area contributed by atoms with Crippen molar-refractivity contribution in [2.45, 2.75) is 6.42 Å². The van der Waals surface area contributed by atoms with Gasteiger partial charge in [0, 0.05) is 22.1 Å². The lowest BCUT2D eigenvalue weighted by Gasteiger charge is -2.09. The van der Waals surface area contributed by atoms with Crippen LogP contribution in [0.3, 0.4) is 0 Å². The Balaban J connectivity index is 1.59. The average Bonchev–Trinajstić information content (AvgIpc) is 2.65. The fraction of sp³-hybridized carbons (Fsp3) is 0.0476. The molecule has 3 aromatic carbocycles. The summed E-state index contributed by atoms with van der Waals surface area (Å²) < 4.78 is 0. The molecule has 0 radical (unpaired) electrons. The van der Waals surface area contributed by atoms with Crippen molar-refractivity contribution in [3.8, 4) is 6.07 Å². The first-order chi connectivity index (χ1) is 12.6. The van der Waals surface area contributed by atoms with Crippen LogP contribution in [-0.2, 0) is 11.2 Å². The van der Waals surface area contributed by atoms with Gasteiger partial charge in [0.25, 0.3) is 0 Å². The minimum absolute atomic E-state index is 0.0882. The Bertz CT molecular complexity index is 944. The zero-order chi connectivity index (χ0) is 18.4. The number of anilines is 3. The average molecular weight is 362 g/mol. The van der Waals surface area contributed by atoms with Gasteiger partial charge in [0.1, 0.15) is 0 Å². The third-order valence-electron chi connectivity index (χ3n) is 3.73. The van der Waals surface area contributed by atoms with Gasteiger partial charge in [-0.3, -0.25) is 4.79 Å². The SMILES string of the molecule is N#Cc1cccc(Nc2ccc(NC(=O)Cc3ccc(Cl)cc3)cc2)c1. The summed E-state index contributed by atoms with van der Waals surface area (Å²) in [6, 6.07) is 24.0. The zero-order valence-electron chi connectivity index (χ0n) is 13.9. The number of amides is 1. The second-order valence-electron chi connectivity index (χ2n) is 5.75. The van der Waals surface area contributed by atoms with E-state index >= 15 is 0 Å². The molecule has 0 bridgehead atoms. The molecule has 2 N–H and O–H groups in total.